The summed E-state index contributed by atoms with van der Waals surface area (Å²) in [4.78, 5) is 37.7. The summed E-state index contributed by atoms with van der Waals surface area (Å²) in [6.45, 7) is 0.0601. The quantitative estimate of drug-likeness (QED) is 0.703. The summed E-state index contributed by atoms with van der Waals surface area (Å²) in [5.74, 6) is -0.490. The number of anilines is 1. The first kappa shape index (κ1) is 20.4. The number of urea groups is 1. The lowest BCUT2D eigenvalue weighted by Gasteiger charge is -2.14. The maximum Gasteiger partial charge on any atom is 0.319 e. The molecule has 9 heteroatoms. The van der Waals surface area contributed by atoms with Gasteiger partial charge in [0.2, 0.25) is 0 Å². The van der Waals surface area contributed by atoms with Crippen LogP contribution in [0.25, 0.3) is 6.08 Å². The molecule has 0 atom stereocenters. The van der Waals surface area contributed by atoms with Gasteiger partial charge in [0.1, 0.15) is 11.6 Å². The Balaban J connectivity index is 1.55. The van der Waals surface area contributed by atoms with Crippen LogP contribution in [0.15, 0.2) is 53.4 Å². The van der Waals surface area contributed by atoms with Gasteiger partial charge in [0.15, 0.2) is 0 Å². The Hall–Kier alpha value is -3.33. The van der Waals surface area contributed by atoms with Crippen molar-refractivity contribution in [3.8, 4) is 5.75 Å². The predicted octanol–water partition coefficient (Wildman–Crippen LogP) is 3.69. The number of amides is 4. The number of para-hydroxylation sites is 2. The van der Waals surface area contributed by atoms with Crippen molar-refractivity contribution in [2.45, 2.75) is 0 Å². The summed E-state index contributed by atoms with van der Waals surface area (Å²) in [7, 11) is 1.49. The fourth-order valence-electron chi connectivity index (χ4n) is 2.62. The molecule has 0 unspecified atom stereocenters. The molecule has 7 nitrogen and oxygen atoms in total. The number of imide groups is 1. The predicted molar refractivity (Wildman–Crippen MR) is 109 cm³/mol. The minimum atomic E-state index is -0.518. The smallest absolute Gasteiger partial charge is 0.319 e. The minimum Gasteiger partial charge on any atom is -0.495 e. The number of rotatable bonds is 6. The van der Waals surface area contributed by atoms with Gasteiger partial charge in [0, 0.05) is 18.7 Å². The molecule has 3 rings (SSSR count). The maximum atomic E-state index is 13.8. The number of halogens is 1. The van der Waals surface area contributed by atoms with E-state index in [0.29, 0.717) is 11.4 Å². The number of hydrogen-bond donors (Lipinski definition) is 2. The Bertz CT molecular complexity index is 980. The number of nitrogens with one attached hydrogen (secondary N) is 2. The number of ether oxygens (including phenoxy) is 1. The number of methoxy groups -OCH3 is 1. The first-order valence-corrected chi connectivity index (χ1v) is 9.49. The highest BCUT2D eigenvalue weighted by atomic mass is 32.2. The average Bonchev–Trinajstić information content (AvgIpc) is 2.97. The van der Waals surface area contributed by atoms with Gasteiger partial charge in [0.25, 0.3) is 11.1 Å². The molecule has 2 aromatic carbocycles. The highest BCUT2D eigenvalue weighted by Gasteiger charge is 2.34. The Morgan fingerprint density at radius 2 is 1.90 bits per heavy atom. The largest absolute Gasteiger partial charge is 0.495 e. The zero-order valence-electron chi connectivity index (χ0n) is 15.5. The van der Waals surface area contributed by atoms with Crippen LogP contribution in [0.3, 0.4) is 0 Å². The van der Waals surface area contributed by atoms with Crippen LogP contribution in [-0.2, 0) is 4.79 Å². The fourth-order valence-corrected chi connectivity index (χ4v) is 3.48. The number of thioether (sulfide) groups is 1. The van der Waals surface area contributed by atoms with Crippen LogP contribution < -0.4 is 15.4 Å². The van der Waals surface area contributed by atoms with E-state index < -0.39 is 23.0 Å². The summed E-state index contributed by atoms with van der Waals surface area (Å²) in [5.41, 5.74) is 0.721. The Morgan fingerprint density at radius 1 is 1.17 bits per heavy atom. The van der Waals surface area contributed by atoms with Crippen molar-refractivity contribution in [1.82, 2.24) is 10.2 Å². The molecule has 0 aliphatic carbocycles. The fraction of sp³-hybridized carbons (Fsp3) is 0.150. The molecule has 1 heterocycles. The molecule has 1 aliphatic heterocycles. The summed E-state index contributed by atoms with van der Waals surface area (Å²) in [5, 5.41) is 4.75. The number of hydrogen-bond acceptors (Lipinski definition) is 5. The zero-order chi connectivity index (χ0) is 20.8. The molecule has 0 spiro atoms. The normalized spacial score (nSPS) is 15.0. The van der Waals surface area contributed by atoms with Crippen LogP contribution in [0.5, 0.6) is 5.75 Å². The van der Waals surface area contributed by atoms with Crippen LogP contribution in [-0.4, -0.2) is 42.3 Å². The molecule has 4 amide bonds. The van der Waals surface area contributed by atoms with Gasteiger partial charge in [-0.25, -0.2) is 9.18 Å². The van der Waals surface area contributed by atoms with E-state index in [-0.39, 0.29) is 23.6 Å². The highest BCUT2D eigenvalue weighted by Crippen LogP contribution is 2.32. The van der Waals surface area contributed by atoms with Crippen molar-refractivity contribution in [2.75, 3.05) is 25.5 Å². The third-order valence-corrected chi connectivity index (χ3v) is 4.95. The number of nitrogens with zero attached hydrogens (tertiary/aromatic N) is 1. The van der Waals surface area contributed by atoms with E-state index in [4.69, 9.17) is 4.74 Å². The molecule has 150 valence electrons. The van der Waals surface area contributed by atoms with E-state index in [0.717, 1.165) is 16.7 Å². The number of benzene rings is 2. The van der Waals surface area contributed by atoms with Gasteiger partial charge in [-0.3, -0.25) is 14.5 Å². The molecule has 1 fully saturated rings. The molecule has 0 aromatic heterocycles. The molecule has 29 heavy (non-hydrogen) atoms. The van der Waals surface area contributed by atoms with Crippen molar-refractivity contribution in [2.24, 2.45) is 0 Å². The monoisotopic (exact) mass is 415 g/mol. The lowest BCUT2D eigenvalue weighted by Crippen LogP contribution is -2.38. The lowest BCUT2D eigenvalue weighted by molar-refractivity contribution is -0.122. The van der Waals surface area contributed by atoms with Gasteiger partial charge < -0.3 is 15.4 Å². The second kappa shape index (κ2) is 9.24. The van der Waals surface area contributed by atoms with Gasteiger partial charge in [0.05, 0.1) is 17.7 Å². The molecule has 1 aliphatic rings. The second-order valence-electron chi connectivity index (χ2n) is 5.94. The summed E-state index contributed by atoms with van der Waals surface area (Å²) in [6, 6.07) is 12.4. The molecule has 0 radical (unpaired) electrons. The number of carbonyl (C=O) groups is 3. The summed E-state index contributed by atoms with van der Waals surface area (Å²) < 4.78 is 18.9. The molecule has 0 saturated carbocycles. The zero-order valence-corrected chi connectivity index (χ0v) is 16.3. The standard InChI is InChI=1S/C20H18FN3O4S/c1-28-16-9-5-4-8-15(16)23-19(26)22-10-11-24-18(25)17(29-20(24)27)12-13-6-2-3-7-14(13)21/h2-9,12H,10-11H2,1H3,(H2,22,23,26). The van der Waals surface area contributed by atoms with E-state index in [9.17, 15) is 18.8 Å². The summed E-state index contributed by atoms with van der Waals surface area (Å²) in [6.07, 6.45) is 1.35. The molecule has 1 saturated heterocycles. The van der Waals surface area contributed by atoms with E-state index in [2.05, 4.69) is 10.6 Å². The van der Waals surface area contributed by atoms with Gasteiger partial charge in [-0.15, -0.1) is 0 Å². The third-order valence-electron chi connectivity index (χ3n) is 4.04. The second-order valence-corrected chi connectivity index (χ2v) is 6.93. The van der Waals surface area contributed by atoms with Crippen molar-refractivity contribution in [1.29, 1.82) is 0 Å². The minimum absolute atomic E-state index is 0.00137. The van der Waals surface area contributed by atoms with Crippen LogP contribution in [0.1, 0.15) is 5.56 Å². The highest BCUT2D eigenvalue weighted by molar-refractivity contribution is 8.18. The van der Waals surface area contributed by atoms with E-state index >= 15 is 0 Å². The van der Waals surface area contributed by atoms with Crippen molar-refractivity contribution >= 4 is 40.7 Å². The van der Waals surface area contributed by atoms with Crippen molar-refractivity contribution in [3.63, 3.8) is 0 Å². The average molecular weight is 415 g/mol. The van der Waals surface area contributed by atoms with Crippen LogP contribution in [0.2, 0.25) is 0 Å². The van der Waals surface area contributed by atoms with Crippen LogP contribution >= 0.6 is 11.8 Å². The van der Waals surface area contributed by atoms with E-state index in [1.807, 2.05) is 0 Å². The molecule has 2 N–H and O–H groups in total. The lowest BCUT2D eigenvalue weighted by atomic mass is 10.2. The first-order chi connectivity index (χ1) is 14.0. The number of carbonyl (C=O) groups excluding carboxylic acids is 3. The van der Waals surface area contributed by atoms with Gasteiger partial charge in [-0.2, -0.15) is 0 Å². The summed E-state index contributed by atoms with van der Waals surface area (Å²) >= 11 is 0.739. The maximum absolute atomic E-state index is 13.8. The SMILES string of the molecule is COc1ccccc1NC(=O)NCCN1C(=O)SC(=Cc2ccccc2F)C1=O. The Morgan fingerprint density at radius 3 is 2.66 bits per heavy atom. The van der Waals surface area contributed by atoms with Crippen LogP contribution in [0.4, 0.5) is 19.7 Å². The first-order valence-electron chi connectivity index (χ1n) is 8.67. The van der Waals surface area contributed by atoms with Crippen molar-refractivity contribution in [3.05, 3.63) is 64.8 Å². The molecular weight excluding hydrogens is 397 g/mol. The topological polar surface area (TPSA) is 87.7 Å². The van der Waals surface area contributed by atoms with Crippen LogP contribution in [0, 0.1) is 5.82 Å². The molecular formula is C20H18FN3O4S. The van der Waals surface area contributed by atoms with Crippen molar-refractivity contribution < 1.29 is 23.5 Å². The Labute approximate surface area is 170 Å². The molecule has 0 bridgehead atoms. The third kappa shape index (κ3) is 4.94. The van der Waals surface area contributed by atoms with Gasteiger partial charge in [-0.05, 0) is 36.0 Å². The molecule has 2 aromatic rings. The van der Waals surface area contributed by atoms with E-state index in [1.165, 1.54) is 25.3 Å². The van der Waals surface area contributed by atoms with Gasteiger partial charge in [-0.1, -0.05) is 30.3 Å². The van der Waals surface area contributed by atoms with E-state index in [1.54, 1.807) is 36.4 Å². The Kier molecular flexibility index (Phi) is 6.50. The van der Waals surface area contributed by atoms with Gasteiger partial charge >= 0.3 is 6.03 Å².